The summed E-state index contributed by atoms with van der Waals surface area (Å²) in [7, 11) is 0. The molecular weight excluding hydrogens is 408 g/mol. The van der Waals surface area contributed by atoms with Crippen molar-refractivity contribution in [2.45, 2.75) is 197 Å². The van der Waals surface area contributed by atoms with Gasteiger partial charge in [-0.2, -0.15) is 0 Å². The minimum atomic E-state index is 0.340. The molecule has 0 aliphatic heterocycles. The van der Waals surface area contributed by atoms with Crippen molar-refractivity contribution in [1.29, 1.82) is 0 Å². The van der Waals surface area contributed by atoms with Gasteiger partial charge >= 0.3 is 0 Å². The van der Waals surface area contributed by atoms with Crippen molar-refractivity contribution in [2.24, 2.45) is 22.2 Å². The Balaban J connectivity index is 3.49. The quantitative estimate of drug-likeness (QED) is 0.128. The molecule has 1 unspecified atom stereocenters. The molecule has 0 heteroatoms. The van der Waals surface area contributed by atoms with Crippen LogP contribution in [-0.4, -0.2) is 0 Å². The van der Waals surface area contributed by atoms with E-state index < -0.39 is 0 Å². The van der Waals surface area contributed by atoms with Crippen LogP contribution in [0.4, 0.5) is 0 Å². The smallest absolute Gasteiger partial charge is 0.0252 e. The SMILES string of the molecule is CCCCCCCCCCCCCCCCCCCCCCC(C)C(C)(C)C(C)(C)C(C)(C)C. The zero-order valence-electron chi connectivity index (χ0n) is 25.9. The molecule has 0 amide bonds. The van der Waals surface area contributed by atoms with Crippen LogP contribution in [0.2, 0.25) is 0 Å². The fourth-order valence-electron chi connectivity index (χ4n) is 5.65. The zero-order chi connectivity index (χ0) is 25.9. The molecule has 0 saturated heterocycles. The average Bonchev–Trinajstić information content (AvgIpc) is 2.76. The lowest BCUT2D eigenvalue weighted by atomic mass is 9.51. The fraction of sp³-hybridized carbons (Fsp3) is 1.00. The van der Waals surface area contributed by atoms with E-state index in [1.165, 1.54) is 135 Å². The molecule has 0 bridgehead atoms. The molecule has 206 valence electrons. The van der Waals surface area contributed by atoms with E-state index in [0.29, 0.717) is 16.2 Å². The molecule has 0 fully saturated rings. The van der Waals surface area contributed by atoms with Crippen LogP contribution >= 0.6 is 0 Å². The maximum Gasteiger partial charge on any atom is -0.0252 e. The summed E-state index contributed by atoms with van der Waals surface area (Å²) in [5.74, 6) is 0.789. The minimum absolute atomic E-state index is 0.340. The topological polar surface area (TPSA) is 0 Å². The van der Waals surface area contributed by atoms with Crippen LogP contribution in [-0.2, 0) is 0 Å². The highest BCUT2D eigenvalue weighted by Gasteiger charge is 2.47. The first-order chi connectivity index (χ1) is 16.0. The van der Waals surface area contributed by atoms with Crippen molar-refractivity contribution in [3.63, 3.8) is 0 Å². The summed E-state index contributed by atoms with van der Waals surface area (Å²) in [6.45, 7) is 22.1. The molecule has 0 radical (unpaired) electrons. The summed E-state index contributed by atoms with van der Waals surface area (Å²) in [6.07, 6.45) is 30.7. The van der Waals surface area contributed by atoms with Gasteiger partial charge in [0.2, 0.25) is 0 Å². The normalized spacial score (nSPS) is 14.0. The Bertz CT molecular complexity index is 435. The maximum absolute atomic E-state index is 2.51. The number of hydrogen-bond acceptors (Lipinski definition) is 0. The standard InChI is InChI=1S/C34H70/c1-10-11-12-13-14-15-16-17-18-19-20-21-22-23-24-25-26-27-28-29-30-31(2)33(6,7)34(8,9)32(3,4)5/h31H,10-30H2,1-9H3. The average molecular weight is 479 g/mol. The molecule has 0 spiro atoms. The van der Waals surface area contributed by atoms with Crippen LogP contribution in [0.1, 0.15) is 197 Å². The van der Waals surface area contributed by atoms with Crippen molar-refractivity contribution in [3.8, 4) is 0 Å². The van der Waals surface area contributed by atoms with Gasteiger partial charge in [-0.15, -0.1) is 0 Å². The van der Waals surface area contributed by atoms with Crippen molar-refractivity contribution >= 4 is 0 Å². The van der Waals surface area contributed by atoms with Gasteiger partial charge in [-0.1, -0.05) is 197 Å². The third-order valence-electron chi connectivity index (χ3n) is 10.2. The third kappa shape index (κ3) is 14.5. The molecular formula is C34H70. The van der Waals surface area contributed by atoms with Crippen molar-refractivity contribution in [1.82, 2.24) is 0 Å². The molecule has 0 aliphatic rings. The lowest BCUT2D eigenvalue weighted by molar-refractivity contribution is -0.0466. The molecule has 0 aromatic carbocycles. The number of unbranched alkanes of at least 4 members (excludes halogenated alkanes) is 19. The maximum atomic E-state index is 2.51. The van der Waals surface area contributed by atoms with Crippen LogP contribution in [0.5, 0.6) is 0 Å². The second-order valence-electron chi connectivity index (χ2n) is 14.0. The van der Waals surface area contributed by atoms with E-state index in [2.05, 4.69) is 62.3 Å². The summed E-state index contributed by atoms with van der Waals surface area (Å²) >= 11 is 0. The van der Waals surface area contributed by atoms with E-state index in [4.69, 9.17) is 0 Å². The van der Waals surface area contributed by atoms with E-state index in [-0.39, 0.29) is 0 Å². The first-order valence-corrected chi connectivity index (χ1v) is 16.0. The van der Waals surface area contributed by atoms with E-state index in [1.807, 2.05) is 0 Å². The Morgan fingerprint density at radius 3 is 0.941 bits per heavy atom. The molecule has 0 aromatic heterocycles. The summed E-state index contributed by atoms with van der Waals surface area (Å²) in [4.78, 5) is 0. The van der Waals surface area contributed by atoms with Crippen LogP contribution in [0.3, 0.4) is 0 Å². The van der Waals surface area contributed by atoms with Crippen molar-refractivity contribution < 1.29 is 0 Å². The lowest BCUT2D eigenvalue weighted by Gasteiger charge is -2.54. The minimum Gasteiger partial charge on any atom is -0.0654 e. The van der Waals surface area contributed by atoms with Gasteiger partial charge in [0.25, 0.3) is 0 Å². The summed E-state index contributed by atoms with van der Waals surface area (Å²) in [6, 6.07) is 0. The highest BCUT2D eigenvalue weighted by atomic mass is 14.5. The molecule has 1 atom stereocenters. The summed E-state index contributed by atoms with van der Waals surface area (Å²) < 4.78 is 0. The van der Waals surface area contributed by atoms with Crippen LogP contribution in [0.25, 0.3) is 0 Å². The van der Waals surface area contributed by atoms with Crippen LogP contribution < -0.4 is 0 Å². The van der Waals surface area contributed by atoms with Crippen molar-refractivity contribution in [2.75, 3.05) is 0 Å². The Hall–Kier alpha value is 0. The van der Waals surface area contributed by atoms with Gasteiger partial charge in [-0.25, -0.2) is 0 Å². The van der Waals surface area contributed by atoms with Gasteiger partial charge in [-0.05, 0) is 22.2 Å². The Morgan fingerprint density at radius 2 is 0.676 bits per heavy atom. The Kier molecular flexibility index (Phi) is 19.2. The monoisotopic (exact) mass is 479 g/mol. The number of rotatable bonds is 23. The molecule has 34 heavy (non-hydrogen) atoms. The van der Waals surface area contributed by atoms with Gasteiger partial charge < -0.3 is 0 Å². The first kappa shape index (κ1) is 34.0. The second-order valence-corrected chi connectivity index (χ2v) is 14.0. The highest BCUT2D eigenvalue weighted by molar-refractivity contribution is 4.96. The largest absolute Gasteiger partial charge is 0.0654 e. The van der Waals surface area contributed by atoms with Gasteiger partial charge in [0.05, 0.1) is 0 Å². The van der Waals surface area contributed by atoms with E-state index in [9.17, 15) is 0 Å². The first-order valence-electron chi connectivity index (χ1n) is 16.0. The summed E-state index contributed by atoms with van der Waals surface area (Å²) in [5.41, 5.74) is 1.06. The van der Waals surface area contributed by atoms with Gasteiger partial charge in [0, 0.05) is 0 Å². The van der Waals surface area contributed by atoms with E-state index >= 15 is 0 Å². The molecule has 0 nitrogen and oxygen atoms in total. The predicted molar refractivity (Wildman–Crippen MR) is 159 cm³/mol. The summed E-state index contributed by atoms with van der Waals surface area (Å²) in [5, 5.41) is 0. The second kappa shape index (κ2) is 19.2. The Morgan fingerprint density at radius 1 is 0.412 bits per heavy atom. The van der Waals surface area contributed by atoms with E-state index in [1.54, 1.807) is 0 Å². The fourth-order valence-corrected chi connectivity index (χ4v) is 5.65. The van der Waals surface area contributed by atoms with E-state index in [0.717, 1.165) is 5.92 Å². The number of hydrogen-bond donors (Lipinski definition) is 0. The van der Waals surface area contributed by atoms with Gasteiger partial charge in [-0.3, -0.25) is 0 Å². The lowest BCUT2D eigenvalue weighted by Crippen LogP contribution is -2.46. The van der Waals surface area contributed by atoms with Crippen LogP contribution in [0.15, 0.2) is 0 Å². The molecule has 0 rings (SSSR count). The van der Waals surface area contributed by atoms with Gasteiger partial charge in [0.1, 0.15) is 0 Å². The zero-order valence-corrected chi connectivity index (χ0v) is 25.9. The van der Waals surface area contributed by atoms with Crippen molar-refractivity contribution in [3.05, 3.63) is 0 Å². The van der Waals surface area contributed by atoms with Gasteiger partial charge in [0.15, 0.2) is 0 Å². The van der Waals surface area contributed by atoms with Crippen LogP contribution in [0, 0.1) is 22.2 Å². The molecule has 0 aliphatic carbocycles. The molecule has 0 aromatic rings. The Labute approximate surface area is 219 Å². The predicted octanol–water partition coefficient (Wildman–Crippen LogP) is 12.9. The molecule has 0 heterocycles. The highest BCUT2D eigenvalue weighted by Crippen LogP contribution is 2.55. The molecule has 0 saturated carbocycles. The third-order valence-corrected chi connectivity index (χ3v) is 10.2. The molecule has 0 N–H and O–H groups in total.